The van der Waals surface area contributed by atoms with E-state index in [1.165, 1.54) is 13.2 Å². The molecule has 5 heteroatoms. The molecule has 0 bridgehead atoms. The Hall–Kier alpha value is -1.10. The largest absolute Gasteiger partial charge is 0.497 e. The summed E-state index contributed by atoms with van der Waals surface area (Å²) in [5.41, 5.74) is 0.703. The van der Waals surface area contributed by atoms with Crippen molar-refractivity contribution < 1.29 is 9.13 Å². The quantitative estimate of drug-likeness (QED) is 0.786. The highest BCUT2D eigenvalue weighted by Gasteiger charge is 2.12. The number of aromatic nitrogens is 2. The van der Waals surface area contributed by atoms with Gasteiger partial charge >= 0.3 is 0 Å². The van der Waals surface area contributed by atoms with Gasteiger partial charge in [0.2, 0.25) is 0 Å². The van der Waals surface area contributed by atoms with Gasteiger partial charge in [-0.05, 0) is 15.9 Å². The van der Waals surface area contributed by atoms with E-state index in [0.717, 1.165) is 0 Å². The number of benzene rings is 1. The Bertz CT molecular complexity index is 495. The molecule has 2 aromatic rings. The molecule has 0 aliphatic rings. The molecule has 0 aliphatic carbocycles. The van der Waals surface area contributed by atoms with Crippen LogP contribution in [-0.2, 0) is 7.05 Å². The molecule has 0 atom stereocenters. The molecule has 0 spiro atoms. The van der Waals surface area contributed by atoms with E-state index in [4.69, 9.17) is 4.74 Å². The summed E-state index contributed by atoms with van der Waals surface area (Å²) in [6.07, 6.45) is 0. The third-order valence-corrected chi connectivity index (χ3v) is 2.63. The van der Waals surface area contributed by atoms with Crippen LogP contribution in [0.25, 0.3) is 10.9 Å². The minimum atomic E-state index is -0.334. The van der Waals surface area contributed by atoms with Crippen molar-refractivity contribution in [2.24, 2.45) is 7.05 Å². The number of rotatable bonds is 1. The number of ether oxygens (including phenoxy) is 1. The van der Waals surface area contributed by atoms with Crippen LogP contribution in [0.4, 0.5) is 4.39 Å². The van der Waals surface area contributed by atoms with Crippen molar-refractivity contribution in [2.75, 3.05) is 7.11 Å². The molecule has 0 N–H and O–H groups in total. The highest BCUT2D eigenvalue weighted by molar-refractivity contribution is 9.10. The molecule has 14 heavy (non-hydrogen) atoms. The second-order valence-electron chi connectivity index (χ2n) is 2.92. The third-order valence-electron chi connectivity index (χ3n) is 2.07. The monoisotopic (exact) mass is 258 g/mol. The number of fused-ring (bicyclic) bond motifs is 1. The van der Waals surface area contributed by atoms with Gasteiger partial charge in [-0.2, -0.15) is 5.10 Å². The standard InChI is InChI=1S/C9H8BrFN2O/c1-13-7-4-5(14-2)3-6(11)8(7)9(10)12-13/h3-4H,1-2H3. The van der Waals surface area contributed by atoms with Gasteiger partial charge in [-0.3, -0.25) is 4.68 Å². The van der Waals surface area contributed by atoms with E-state index in [9.17, 15) is 4.39 Å². The van der Waals surface area contributed by atoms with Crippen molar-refractivity contribution in [2.45, 2.75) is 0 Å². The number of aryl methyl sites for hydroxylation is 1. The maximum absolute atomic E-state index is 13.5. The number of methoxy groups -OCH3 is 1. The van der Waals surface area contributed by atoms with Gasteiger partial charge in [0.15, 0.2) is 0 Å². The molecular formula is C9H8BrFN2O. The van der Waals surface area contributed by atoms with Gasteiger partial charge in [-0.15, -0.1) is 0 Å². The highest BCUT2D eigenvalue weighted by atomic mass is 79.9. The molecule has 0 amide bonds. The van der Waals surface area contributed by atoms with Crippen LogP contribution in [0.2, 0.25) is 0 Å². The zero-order valence-corrected chi connectivity index (χ0v) is 9.30. The summed E-state index contributed by atoms with van der Waals surface area (Å²) in [4.78, 5) is 0. The zero-order valence-electron chi connectivity index (χ0n) is 7.71. The Morgan fingerprint density at radius 1 is 1.50 bits per heavy atom. The van der Waals surface area contributed by atoms with Crippen molar-refractivity contribution in [1.29, 1.82) is 0 Å². The summed E-state index contributed by atoms with van der Waals surface area (Å²) in [5.74, 6) is 0.157. The molecule has 1 heterocycles. The van der Waals surface area contributed by atoms with Crippen molar-refractivity contribution >= 4 is 26.8 Å². The van der Waals surface area contributed by atoms with Gasteiger partial charge in [0.25, 0.3) is 0 Å². The predicted molar refractivity (Wildman–Crippen MR) is 54.9 cm³/mol. The maximum Gasteiger partial charge on any atom is 0.139 e. The number of hydrogen-bond donors (Lipinski definition) is 0. The van der Waals surface area contributed by atoms with Crippen molar-refractivity contribution in [3.8, 4) is 5.75 Å². The lowest BCUT2D eigenvalue weighted by Crippen LogP contribution is -1.91. The summed E-state index contributed by atoms with van der Waals surface area (Å²) in [7, 11) is 3.26. The molecule has 3 nitrogen and oxygen atoms in total. The summed E-state index contributed by atoms with van der Waals surface area (Å²) in [6, 6.07) is 3.09. The Balaban J connectivity index is 2.86. The number of nitrogens with zero attached hydrogens (tertiary/aromatic N) is 2. The third kappa shape index (κ3) is 1.28. The zero-order chi connectivity index (χ0) is 10.3. The van der Waals surface area contributed by atoms with Crippen molar-refractivity contribution in [3.63, 3.8) is 0 Å². The fourth-order valence-electron chi connectivity index (χ4n) is 1.38. The number of halogens is 2. The second kappa shape index (κ2) is 3.24. The number of hydrogen-bond acceptors (Lipinski definition) is 2. The molecule has 0 saturated carbocycles. The maximum atomic E-state index is 13.5. The normalized spacial score (nSPS) is 10.9. The summed E-state index contributed by atoms with van der Waals surface area (Å²) < 4.78 is 20.6. The lowest BCUT2D eigenvalue weighted by molar-refractivity contribution is 0.412. The molecule has 1 aromatic heterocycles. The van der Waals surface area contributed by atoms with Crippen LogP contribution in [0.15, 0.2) is 16.7 Å². The average molecular weight is 259 g/mol. The van der Waals surface area contributed by atoms with Gasteiger partial charge in [0.1, 0.15) is 16.2 Å². The highest BCUT2D eigenvalue weighted by Crippen LogP contribution is 2.29. The van der Waals surface area contributed by atoms with E-state index in [-0.39, 0.29) is 5.82 Å². The first-order valence-electron chi connectivity index (χ1n) is 3.99. The van der Waals surface area contributed by atoms with E-state index in [0.29, 0.717) is 21.3 Å². The second-order valence-corrected chi connectivity index (χ2v) is 3.67. The lowest BCUT2D eigenvalue weighted by atomic mass is 10.2. The van der Waals surface area contributed by atoms with Crippen molar-refractivity contribution in [1.82, 2.24) is 9.78 Å². The summed E-state index contributed by atoms with van der Waals surface area (Å²) >= 11 is 3.20. The Kier molecular flexibility index (Phi) is 2.19. The molecule has 0 fully saturated rings. The smallest absolute Gasteiger partial charge is 0.139 e. The first-order chi connectivity index (χ1) is 6.63. The van der Waals surface area contributed by atoms with Gasteiger partial charge in [-0.1, -0.05) is 0 Å². The SMILES string of the molecule is COc1cc(F)c2c(Br)nn(C)c2c1. The van der Waals surface area contributed by atoms with Crippen molar-refractivity contribution in [3.05, 3.63) is 22.6 Å². The van der Waals surface area contributed by atoms with E-state index < -0.39 is 0 Å². The molecular weight excluding hydrogens is 251 g/mol. The van der Waals surface area contributed by atoms with Crippen LogP contribution < -0.4 is 4.74 Å². The molecule has 0 saturated heterocycles. The van der Waals surface area contributed by atoms with E-state index in [2.05, 4.69) is 21.0 Å². The fraction of sp³-hybridized carbons (Fsp3) is 0.222. The predicted octanol–water partition coefficient (Wildman–Crippen LogP) is 2.48. The van der Waals surface area contributed by atoms with Crippen LogP contribution >= 0.6 is 15.9 Å². The lowest BCUT2D eigenvalue weighted by Gasteiger charge is -2.01. The minimum absolute atomic E-state index is 0.334. The van der Waals surface area contributed by atoms with Crippen LogP contribution in [0, 0.1) is 5.82 Å². The van der Waals surface area contributed by atoms with Gasteiger partial charge < -0.3 is 4.74 Å². The average Bonchev–Trinajstić information content (AvgIpc) is 2.42. The van der Waals surface area contributed by atoms with Crippen LogP contribution in [0.1, 0.15) is 0 Å². The first kappa shape index (κ1) is 9.45. The van der Waals surface area contributed by atoms with E-state index in [1.54, 1.807) is 17.8 Å². The van der Waals surface area contributed by atoms with E-state index in [1.807, 2.05) is 0 Å². The van der Waals surface area contributed by atoms with Crippen LogP contribution in [-0.4, -0.2) is 16.9 Å². The summed E-state index contributed by atoms with van der Waals surface area (Å²) in [5, 5.41) is 4.54. The molecule has 2 rings (SSSR count). The molecule has 74 valence electrons. The molecule has 0 radical (unpaired) electrons. The molecule has 0 unspecified atom stereocenters. The fourth-order valence-corrected chi connectivity index (χ4v) is 2.01. The van der Waals surface area contributed by atoms with Crippen LogP contribution in [0.3, 0.4) is 0 Å². The van der Waals surface area contributed by atoms with Gasteiger partial charge in [-0.25, -0.2) is 4.39 Å². The van der Waals surface area contributed by atoms with Crippen LogP contribution in [0.5, 0.6) is 5.75 Å². The summed E-state index contributed by atoms with van der Waals surface area (Å²) in [6.45, 7) is 0. The minimum Gasteiger partial charge on any atom is -0.497 e. The Morgan fingerprint density at radius 3 is 2.86 bits per heavy atom. The Labute approximate surface area is 88.6 Å². The molecule has 0 aliphatic heterocycles. The van der Waals surface area contributed by atoms with Gasteiger partial charge in [0, 0.05) is 19.2 Å². The van der Waals surface area contributed by atoms with Gasteiger partial charge in [0.05, 0.1) is 18.0 Å². The molecule has 1 aromatic carbocycles. The Morgan fingerprint density at radius 2 is 2.21 bits per heavy atom. The first-order valence-corrected chi connectivity index (χ1v) is 4.78. The topological polar surface area (TPSA) is 27.1 Å². The van der Waals surface area contributed by atoms with E-state index >= 15 is 0 Å².